The number of likely N-dealkylation sites (N-methyl/N-ethyl adjacent to an activating group) is 1. The molecule has 0 spiro atoms. The van der Waals surface area contributed by atoms with Crippen molar-refractivity contribution in [2.45, 2.75) is 39.3 Å². The Labute approximate surface area is 184 Å². The fourth-order valence-electron chi connectivity index (χ4n) is 4.52. The van der Waals surface area contributed by atoms with Crippen molar-refractivity contribution in [3.05, 3.63) is 76.5 Å². The van der Waals surface area contributed by atoms with Gasteiger partial charge in [0.05, 0.1) is 12.1 Å². The van der Waals surface area contributed by atoms with Crippen molar-refractivity contribution >= 4 is 17.4 Å². The van der Waals surface area contributed by atoms with Crippen molar-refractivity contribution in [3.8, 4) is 0 Å². The Balaban J connectivity index is 1.74. The molecule has 1 saturated heterocycles. The van der Waals surface area contributed by atoms with E-state index in [2.05, 4.69) is 23.8 Å². The topological polar surface area (TPSA) is 43.9 Å². The summed E-state index contributed by atoms with van der Waals surface area (Å²) in [5, 5.41) is 0. The molecule has 31 heavy (non-hydrogen) atoms. The Morgan fingerprint density at radius 1 is 0.935 bits per heavy atom. The van der Waals surface area contributed by atoms with Crippen LogP contribution in [0.2, 0.25) is 0 Å². The smallest absolute Gasteiger partial charge is 0.278 e. The molecule has 0 atom stereocenters. The van der Waals surface area contributed by atoms with Crippen LogP contribution in [-0.4, -0.2) is 59.7 Å². The summed E-state index contributed by atoms with van der Waals surface area (Å²) in [7, 11) is 4.10. The minimum atomic E-state index is -0.202. The maximum absolute atomic E-state index is 13.6. The second-order valence-electron chi connectivity index (χ2n) is 8.85. The molecule has 5 heteroatoms. The largest absolute Gasteiger partial charge is 0.366 e. The maximum Gasteiger partial charge on any atom is 0.278 e. The molecular formula is C26H31N3O2. The van der Waals surface area contributed by atoms with E-state index in [4.69, 9.17) is 0 Å². The summed E-state index contributed by atoms with van der Waals surface area (Å²) < 4.78 is 0. The summed E-state index contributed by atoms with van der Waals surface area (Å²) in [6, 6.07) is 16.0. The number of amides is 2. The van der Waals surface area contributed by atoms with Gasteiger partial charge in [-0.1, -0.05) is 48.5 Å². The number of hydrogen-bond acceptors (Lipinski definition) is 4. The quantitative estimate of drug-likeness (QED) is 0.697. The summed E-state index contributed by atoms with van der Waals surface area (Å²) in [5.41, 5.74) is 5.14. The number of nitrogens with zero attached hydrogens (tertiary/aromatic N) is 3. The van der Waals surface area contributed by atoms with Crippen molar-refractivity contribution in [3.63, 3.8) is 0 Å². The van der Waals surface area contributed by atoms with Gasteiger partial charge in [0.2, 0.25) is 0 Å². The van der Waals surface area contributed by atoms with Gasteiger partial charge in [-0.25, -0.2) is 0 Å². The molecule has 2 amide bonds. The third kappa shape index (κ3) is 4.15. The van der Waals surface area contributed by atoms with Crippen LogP contribution in [0.25, 0.3) is 5.57 Å². The van der Waals surface area contributed by atoms with E-state index in [1.807, 2.05) is 62.5 Å². The predicted molar refractivity (Wildman–Crippen MR) is 123 cm³/mol. The number of likely N-dealkylation sites (tertiary alicyclic amines) is 1. The Hall–Kier alpha value is -2.92. The minimum absolute atomic E-state index is 0.191. The molecule has 0 saturated carbocycles. The van der Waals surface area contributed by atoms with E-state index in [9.17, 15) is 9.59 Å². The third-order valence-electron chi connectivity index (χ3n) is 6.71. The molecular weight excluding hydrogens is 386 g/mol. The van der Waals surface area contributed by atoms with Crippen molar-refractivity contribution in [1.82, 2.24) is 14.7 Å². The van der Waals surface area contributed by atoms with Gasteiger partial charge >= 0.3 is 0 Å². The molecule has 2 aromatic carbocycles. The van der Waals surface area contributed by atoms with Crippen LogP contribution in [0.15, 0.2) is 54.2 Å². The first kappa shape index (κ1) is 21.3. The van der Waals surface area contributed by atoms with E-state index in [0.717, 1.165) is 42.6 Å². The first-order valence-electron chi connectivity index (χ1n) is 11.0. The first-order chi connectivity index (χ1) is 14.9. The lowest BCUT2D eigenvalue weighted by Crippen LogP contribution is -2.43. The number of aryl methyl sites for hydroxylation is 2. The van der Waals surface area contributed by atoms with Gasteiger partial charge < -0.3 is 9.80 Å². The molecule has 0 aliphatic carbocycles. The van der Waals surface area contributed by atoms with Crippen LogP contribution in [0.1, 0.15) is 35.1 Å². The van der Waals surface area contributed by atoms with E-state index in [-0.39, 0.29) is 24.4 Å². The fraction of sp³-hybridized carbons (Fsp3) is 0.385. The van der Waals surface area contributed by atoms with Crippen LogP contribution in [0.3, 0.4) is 0 Å². The Morgan fingerprint density at radius 2 is 1.61 bits per heavy atom. The van der Waals surface area contributed by atoms with Crippen LogP contribution < -0.4 is 0 Å². The van der Waals surface area contributed by atoms with Crippen molar-refractivity contribution in [2.75, 3.05) is 27.2 Å². The van der Waals surface area contributed by atoms with Gasteiger partial charge in [-0.3, -0.25) is 14.5 Å². The third-order valence-corrected chi connectivity index (χ3v) is 6.71. The highest BCUT2D eigenvalue weighted by Gasteiger charge is 2.42. The molecule has 0 N–H and O–H groups in total. The Bertz CT molecular complexity index is 1020. The summed E-state index contributed by atoms with van der Waals surface area (Å²) in [5.74, 6) is -0.393. The average molecular weight is 418 g/mol. The van der Waals surface area contributed by atoms with E-state index in [1.165, 1.54) is 10.5 Å². The molecule has 0 aromatic heterocycles. The second-order valence-corrected chi connectivity index (χ2v) is 8.85. The lowest BCUT2D eigenvalue weighted by atomic mass is 9.97. The fourth-order valence-corrected chi connectivity index (χ4v) is 4.52. The van der Waals surface area contributed by atoms with E-state index >= 15 is 0 Å². The van der Waals surface area contributed by atoms with E-state index < -0.39 is 0 Å². The van der Waals surface area contributed by atoms with Gasteiger partial charge in [-0.15, -0.1) is 0 Å². The Kier molecular flexibility index (Phi) is 5.96. The molecule has 162 valence electrons. The van der Waals surface area contributed by atoms with Gasteiger partial charge in [-0.05, 0) is 69.1 Å². The molecule has 0 radical (unpaired) electrons. The zero-order valence-corrected chi connectivity index (χ0v) is 18.9. The normalized spacial score (nSPS) is 18.3. The van der Waals surface area contributed by atoms with Crippen molar-refractivity contribution in [2.24, 2.45) is 0 Å². The van der Waals surface area contributed by atoms with Crippen molar-refractivity contribution in [1.29, 1.82) is 0 Å². The lowest BCUT2D eigenvalue weighted by Gasteiger charge is -2.36. The summed E-state index contributed by atoms with van der Waals surface area (Å²) in [6.07, 6.45) is 1.97. The van der Waals surface area contributed by atoms with E-state index in [0.29, 0.717) is 11.3 Å². The van der Waals surface area contributed by atoms with Crippen LogP contribution >= 0.6 is 0 Å². The van der Waals surface area contributed by atoms with Gasteiger partial charge in [0.1, 0.15) is 5.70 Å². The summed E-state index contributed by atoms with van der Waals surface area (Å²) in [4.78, 5) is 33.0. The summed E-state index contributed by atoms with van der Waals surface area (Å²) in [6.45, 7) is 6.39. The molecule has 2 aliphatic heterocycles. The molecule has 0 unspecified atom stereocenters. The number of hydrogen-bond donors (Lipinski definition) is 0. The number of carbonyl (C=O) groups is 2. The lowest BCUT2D eigenvalue weighted by molar-refractivity contribution is -0.138. The van der Waals surface area contributed by atoms with Crippen LogP contribution in [-0.2, 0) is 16.1 Å². The monoisotopic (exact) mass is 417 g/mol. The number of benzene rings is 2. The summed E-state index contributed by atoms with van der Waals surface area (Å²) >= 11 is 0. The highest BCUT2D eigenvalue weighted by molar-refractivity contribution is 6.35. The number of imide groups is 1. The SMILES string of the molecule is Cc1ccc(C2=C(N(C)C3CCN(C)CC3)C(=O)N(Cc3ccccc3)C2=O)cc1C. The van der Waals surface area contributed by atoms with Gasteiger partial charge in [0, 0.05) is 13.1 Å². The predicted octanol–water partition coefficient (Wildman–Crippen LogP) is 3.61. The molecule has 0 bridgehead atoms. The number of carbonyl (C=O) groups excluding carboxylic acids is 2. The van der Waals surface area contributed by atoms with E-state index in [1.54, 1.807) is 0 Å². The van der Waals surface area contributed by atoms with Gasteiger partial charge in [0.15, 0.2) is 0 Å². The first-order valence-corrected chi connectivity index (χ1v) is 11.0. The Morgan fingerprint density at radius 3 is 2.26 bits per heavy atom. The zero-order chi connectivity index (χ0) is 22.1. The van der Waals surface area contributed by atoms with Gasteiger partial charge in [0.25, 0.3) is 11.8 Å². The molecule has 2 heterocycles. The molecule has 2 aliphatic rings. The van der Waals surface area contributed by atoms with Gasteiger partial charge in [-0.2, -0.15) is 0 Å². The molecule has 1 fully saturated rings. The number of piperidine rings is 1. The highest BCUT2D eigenvalue weighted by Crippen LogP contribution is 2.35. The van der Waals surface area contributed by atoms with Crippen LogP contribution in [0.5, 0.6) is 0 Å². The highest BCUT2D eigenvalue weighted by atomic mass is 16.2. The number of rotatable bonds is 5. The second kappa shape index (κ2) is 8.67. The molecule has 5 nitrogen and oxygen atoms in total. The standard InChI is InChI=1S/C26H31N3O2/c1-18-10-11-21(16-19(18)2)23-24(28(4)22-12-14-27(3)15-13-22)26(31)29(25(23)30)17-20-8-6-5-7-9-20/h5-11,16,22H,12-15,17H2,1-4H3. The molecule has 2 aromatic rings. The van der Waals surface area contributed by atoms with Crippen molar-refractivity contribution < 1.29 is 9.59 Å². The van der Waals surface area contributed by atoms with Crippen LogP contribution in [0, 0.1) is 13.8 Å². The molecule has 4 rings (SSSR count). The maximum atomic E-state index is 13.6. The van der Waals surface area contributed by atoms with Crippen LogP contribution in [0.4, 0.5) is 0 Å². The average Bonchev–Trinajstić information content (AvgIpc) is 3.01. The zero-order valence-electron chi connectivity index (χ0n) is 18.9. The minimum Gasteiger partial charge on any atom is -0.366 e.